The van der Waals surface area contributed by atoms with Crippen molar-refractivity contribution in [1.82, 2.24) is 5.32 Å². The number of ether oxygens (including phenoxy) is 1. The molecule has 0 aromatic heterocycles. The molecule has 0 spiro atoms. The van der Waals surface area contributed by atoms with Gasteiger partial charge >= 0.3 is 0 Å². The van der Waals surface area contributed by atoms with Gasteiger partial charge in [-0.25, -0.2) is 0 Å². The van der Waals surface area contributed by atoms with Crippen LogP contribution < -0.4 is 21.1 Å². The van der Waals surface area contributed by atoms with Gasteiger partial charge in [-0.3, -0.25) is 9.59 Å². The summed E-state index contributed by atoms with van der Waals surface area (Å²) in [6.45, 7) is 3.64. The quantitative estimate of drug-likeness (QED) is 0.675. The Morgan fingerprint density at radius 3 is 2.48 bits per heavy atom. The molecule has 1 saturated heterocycles. The maximum atomic E-state index is 12.0. The molecule has 0 unspecified atom stereocenters. The van der Waals surface area contributed by atoms with Crippen LogP contribution in [-0.4, -0.2) is 31.5 Å². The summed E-state index contributed by atoms with van der Waals surface area (Å²) in [5.41, 5.74) is 7.63. The molecular weight excluding hydrogens is 270 g/mol. The van der Waals surface area contributed by atoms with Crippen molar-refractivity contribution in [2.45, 2.75) is 13.3 Å². The van der Waals surface area contributed by atoms with Crippen LogP contribution in [0.2, 0.25) is 0 Å². The van der Waals surface area contributed by atoms with Crippen LogP contribution in [0.15, 0.2) is 35.4 Å². The smallest absolute Gasteiger partial charge is 0.251 e. The zero-order chi connectivity index (χ0) is 15.2. The third-order valence-corrected chi connectivity index (χ3v) is 3.28. The van der Waals surface area contributed by atoms with Crippen LogP contribution in [0, 0.1) is 0 Å². The van der Waals surface area contributed by atoms with Gasteiger partial charge in [-0.1, -0.05) is 0 Å². The first-order valence-electron chi connectivity index (χ1n) is 6.78. The van der Waals surface area contributed by atoms with Crippen molar-refractivity contribution in [3.8, 4) is 5.75 Å². The Hall–Kier alpha value is -2.34. The molecule has 6 nitrogen and oxygen atoms in total. The predicted octanol–water partition coefficient (Wildman–Crippen LogP) is 0.799. The number of rotatable bonds is 6. The summed E-state index contributed by atoms with van der Waals surface area (Å²) in [5, 5.41) is 5.95. The van der Waals surface area contributed by atoms with Crippen LogP contribution in [0.25, 0.3) is 0 Å². The van der Waals surface area contributed by atoms with E-state index < -0.39 is 5.91 Å². The number of anilines is 1. The summed E-state index contributed by atoms with van der Waals surface area (Å²) in [6.07, 6.45) is 0.180. The Morgan fingerprint density at radius 2 is 1.95 bits per heavy atom. The third kappa shape index (κ3) is 4.32. The minimum atomic E-state index is -0.395. The van der Waals surface area contributed by atoms with E-state index in [-0.39, 0.29) is 18.9 Å². The standard InChI is InChI=1S/C15H19N3O3/c1-10(11-8-17-9-11)15(20)18-12-2-4-13(5-3-12)21-7-6-14(16)19/h2-5,17H,6-9H2,1H3,(H2,16,19)(H,18,20). The molecule has 1 aliphatic rings. The van der Waals surface area contributed by atoms with Crippen molar-refractivity contribution < 1.29 is 14.3 Å². The Balaban J connectivity index is 1.87. The van der Waals surface area contributed by atoms with E-state index in [1.54, 1.807) is 24.3 Å². The SMILES string of the molecule is CC(C(=O)Nc1ccc(OCCC(N)=O)cc1)=C1CNC1. The van der Waals surface area contributed by atoms with Gasteiger partial charge in [0.25, 0.3) is 5.91 Å². The molecule has 0 saturated carbocycles. The maximum absolute atomic E-state index is 12.0. The Morgan fingerprint density at radius 1 is 1.29 bits per heavy atom. The summed E-state index contributed by atoms with van der Waals surface area (Å²) >= 11 is 0. The van der Waals surface area contributed by atoms with Crippen molar-refractivity contribution in [2.75, 3.05) is 25.0 Å². The summed E-state index contributed by atoms with van der Waals surface area (Å²) in [5.74, 6) is 0.147. The van der Waals surface area contributed by atoms with Gasteiger partial charge in [0.15, 0.2) is 0 Å². The highest BCUT2D eigenvalue weighted by Gasteiger charge is 2.15. The first-order chi connectivity index (χ1) is 10.1. The van der Waals surface area contributed by atoms with Gasteiger partial charge in [-0.05, 0) is 36.8 Å². The Bertz CT molecular complexity index is 558. The van der Waals surface area contributed by atoms with Crippen LogP contribution in [-0.2, 0) is 9.59 Å². The fourth-order valence-corrected chi connectivity index (χ4v) is 1.80. The van der Waals surface area contributed by atoms with Crippen LogP contribution in [0.5, 0.6) is 5.75 Å². The van der Waals surface area contributed by atoms with E-state index in [4.69, 9.17) is 10.5 Å². The molecule has 1 fully saturated rings. The molecule has 112 valence electrons. The highest BCUT2D eigenvalue weighted by molar-refractivity contribution is 6.04. The van der Waals surface area contributed by atoms with E-state index in [1.165, 1.54) is 0 Å². The fourth-order valence-electron chi connectivity index (χ4n) is 1.80. The highest BCUT2D eigenvalue weighted by Crippen LogP contribution is 2.17. The molecular formula is C15H19N3O3. The highest BCUT2D eigenvalue weighted by atomic mass is 16.5. The molecule has 2 rings (SSSR count). The van der Waals surface area contributed by atoms with Crippen molar-refractivity contribution in [1.29, 1.82) is 0 Å². The summed E-state index contributed by atoms with van der Waals surface area (Å²) in [7, 11) is 0. The molecule has 1 aliphatic heterocycles. The largest absolute Gasteiger partial charge is 0.493 e. The molecule has 21 heavy (non-hydrogen) atoms. The van der Waals surface area contributed by atoms with Crippen molar-refractivity contribution in [3.05, 3.63) is 35.4 Å². The molecule has 0 radical (unpaired) electrons. The number of hydrogen-bond donors (Lipinski definition) is 3. The zero-order valence-corrected chi connectivity index (χ0v) is 11.9. The first kappa shape index (κ1) is 15.1. The van der Waals surface area contributed by atoms with E-state index in [1.807, 2.05) is 6.92 Å². The lowest BCUT2D eigenvalue weighted by atomic mass is 10.0. The van der Waals surface area contributed by atoms with E-state index in [0.29, 0.717) is 11.4 Å². The molecule has 2 amide bonds. The lowest BCUT2D eigenvalue weighted by molar-refractivity contribution is -0.118. The second kappa shape index (κ2) is 6.90. The molecule has 4 N–H and O–H groups in total. The van der Waals surface area contributed by atoms with Gasteiger partial charge in [0.2, 0.25) is 5.91 Å². The topological polar surface area (TPSA) is 93.4 Å². The van der Waals surface area contributed by atoms with Crippen molar-refractivity contribution in [2.24, 2.45) is 5.73 Å². The van der Waals surface area contributed by atoms with Crippen LogP contribution >= 0.6 is 0 Å². The Kier molecular flexibility index (Phi) is 4.94. The van der Waals surface area contributed by atoms with E-state index in [2.05, 4.69) is 10.6 Å². The molecule has 6 heteroatoms. The average molecular weight is 289 g/mol. The van der Waals surface area contributed by atoms with Gasteiger partial charge in [0.05, 0.1) is 13.0 Å². The van der Waals surface area contributed by atoms with Crippen molar-refractivity contribution in [3.63, 3.8) is 0 Å². The number of benzene rings is 1. The minimum Gasteiger partial charge on any atom is -0.493 e. The number of amides is 2. The third-order valence-electron chi connectivity index (χ3n) is 3.28. The summed E-state index contributed by atoms with van der Waals surface area (Å²) in [4.78, 5) is 22.6. The molecule has 1 heterocycles. The van der Waals surface area contributed by atoms with Crippen LogP contribution in [0.4, 0.5) is 5.69 Å². The molecule has 1 aromatic rings. The van der Waals surface area contributed by atoms with Gasteiger partial charge in [-0.15, -0.1) is 0 Å². The summed E-state index contributed by atoms with van der Waals surface area (Å²) in [6, 6.07) is 7.00. The second-order valence-corrected chi connectivity index (χ2v) is 4.88. The van der Waals surface area contributed by atoms with Crippen molar-refractivity contribution >= 4 is 17.5 Å². The Labute approximate surface area is 123 Å². The number of carbonyl (C=O) groups excluding carboxylic acids is 2. The monoisotopic (exact) mass is 289 g/mol. The van der Waals surface area contributed by atoms with E-state index >= 15 is 0 Å². The first-order valence-corrected chi connectivity index (χ1v) is 6.78. The molecule has 0 bridgehead atoms. The summed E-state index contributed by atoms with van der Waals surface area (Å²) < 4.78 is 5.36. The van der Waals surface area contributed by atoms with Gasteiger partial charge in [0.1, 0.15) is 5.75 Å². The lowest BCUT2D eigenvalue weighted by Crippen LogP contribution is -2.36. The maximum Gasteiger partial charge on any atom is 0.251 e. The van der Waals surface area contributed by atoms with Crippen LogP contribution in [0.3, 0.4) is 0 Å². The number of carbonyl (C=O) groups is 2. The van der Waals surface area contributed by atoms with Gasteiger partial charge < -0.3 is 21.1 Å². The molecule has 0 atom stereocenters. The van der Waals surface area contributed by atoms with E-state index in [9.17, 15) is 9.59 Å². The van der Waals surface area contributed by atoms with Gasteiger partial charge in [-0.2, -0.15) is 0 Å². The number of hydrogen-bond acceptors (Lipinski definition) is 4. The number of nitrogens with one attached hydrogen (secondary N) is 2. The number of primary amides is 1. The average Bonchev–Trinajstić information content (AvgIpc) is 2.38. The fraction of sp³-hybridized carbons (Fsp3) is 0.333. The normalized spacial score (nSPS) is 13.3. The second-order valence-electron chi connectivity index (χ2n) is 4.88. The molecule has 0 aliphatic carbocycles. The van der Waals surface area contributed by atoms with Crippen LogP contribution in [0.1, 0.15) is 13.3 Å². The minimum absolute atomic E-state index is 0.0890. The predicted molar refractivity (Wildman–Crippen MR) is 79.9 cm³/mol. The molecule has 1 aromatic carbocycles. The lowest BCUT2D eigenvalue weighted by Gasteiger charge is -2.21. The van der Waals surface area contributed by atoms with E-state index in [0.717, 1.165) is 24.2 Å². The van der Waals surface area contributed by atoms with Gasteiger partial charge in [0, 0.05) is 24.4 Å². The number of nitrogens with two attached hydrogens (primary N) is 1. The zero-order valence-electron chi connectivity index (χ0n) is 11.9.